The molecule has 1 aliphatic carbocycles. The number of methoxy groups -OCH3 is 1. The fourth-order valence-corrected chi connectivity index (χ4v) is 5.66. The van der Waals surface area contributed by atoms with E-state index in [2.05, 4.69) is 33.9 Å². The second-order valence-corrected chi connectivity index (χ2v) is 15.3. The van der Waals surface area contributed by atoms with Crippen molar-refractivity contribution in [3.63, 3.8) is 0 Å². The predicted molar refractivity (Wildman–Crippen MR) is 113 cm³/mol. The molecule has 2 saturated heterocycles. The summed E-state index contributed by atoms with van der Waals surface area (Å²) in [4.78, 5) is 25.4. The summed E-state index contributed by atoms with van der Waals surface area (Å²) in [7, 11) is -0.873. The molecule has 0 spiro atoms. The van der Waals surface area contributed by atoms with E-state index in [1.54, 1.807) is 0 Å². The molecule has 0 radical (unpaired) electrons. The molecule has 3 rings (SSSR count). The highest BCUT2D eigenvalue weighted by molar-refractivity contribution is 6.74. The van der Waals surface area contributed by atoms with Gasteiger partial charge in [-0.05, 0) is 32.0 Å². The van der Waals surface area contributed by atoms with E-state index in [0.717, 1.165) is 0 Å². The van der Waals surface area contributed by atoms with Crippen molar-refractivity contribution in [2.24, 2.45) is 23.7 Å². The highest BCUT2D eigenvalue weighted by atomic mass is 28.4. The molecule has 0 saturated carbocycles. The number of ether oxygens (including phenoxy) is 4. The molecule has 0 unspecified atom stereocenters. The first-order chi connectivity index (χ1) is 13.8. The van der Waals surface area contributed by atoms with Gasteiger partial charge >= 0.3 is 11.9 Å². The van der Waals surface area contributed by atoms with Crippen molar-refractivity contribution in [1.29, 1.82) is 0 Å². The Labute approximate surface area is 180 Å². The van der Waals surface area contributed by atoms with E-state index in [0.29, 0.717) is 13.2 Å². The van der Waals surface area contributed by atoms with Gasteiger partial charge in [-0.2, -0.15) is 0 Å². The molecule has 0 bridgehead atoms. The number of hydrogen-bond donors (Lipinski definition) is 0. The van der Waals surface area contributed by atoms with Crippen LogP contribution >= 0.6 is 0 Å². The average molecular weight is 441 g/mol. The zero-order valence-electron chi connectivity index (χ0n) is 19.4. The highest BCUT2D eigenvalue weighted by Crippen LogP contribution is 2.46. The third-order valence-corrected chi connectivity index (χ3v) is 11.5. The number of fused-ring (bicyclic) bond motifs is 1. The quantitative estimate of drug-likeness (QED) is 0.369. The maximum absolute atomic E-state index is 12.9. The normalized spacial score (nSPS) is 34.4. The van der Waals surface area contributed by atoms with E-state index in [4.69, 9.17) is 23.4 Å². The molecular weight excluding hydrogens is 404 g/mol. The molecule has 0 aromatic carbocycles. The summed E-state index contributed by atoms with van der Waals surface area (Å²) in [5.41, 5.74) is 0. The van der Waals surface area contributed by atoms with E-state index < -0.39 is 38.0 Å². The van der Waals surface area contributed by atoms with Crippen LogP contribution in [0.1, 0.15) is 34.6 Å². The van der Waals surface area contributed by atoms with Crippen molar-refractivity contribution in [2.75, 3.05) is 20.3 Å². The maximum atomic E-state index is 12.9. The number of carbonyl (C=O) groups is 2. The van der Waals surface area contributed by atoms with Gasteiger partial charge < -0.3 is 23.4 Å². The Morgan fingerprint density at radius 1 is 1.23 bits per heavy atom. The highest BCUT2D eigenvalue weighted by Gasteiger charge is 2.55. The van der Waals surface area contributed by atoms with Crippen LogP contribution in [0.25, 0.3) is 0 Å². The molecule has 30 heavy (non-hydrogen) atoms. The molecule has 170 valence electrons. The van der Waals surface area contributed by atoms with Crippen molar-refractivity contribution in [3.8, 4) is 0 Å². The van der Waals surface area contributed by atoms with Gasteiger partial charge in [-0.1, -0.05) is 32.9 Å². The minimum atomic E-state index is -2.23. The first kappa shape index (κ1) is 23.4. The number of esters is 2. The molecule has 2 fully saturated rings. The number of cyclic esters (lactones) is 1. The van der Waals surface area contributed by atoms with Crippen molar-refractivity contribution >= 4 is 20.3 Å². The van der Waals surface area contributed by atoms with Gasteiger partial charge in [0.1, 0.15) is 6.10 Å². The van der Waals surface area contributed by atoms with Gasteiger partial charge in [-0.25, -0.2) is 0 Å². The van der Waals surface area contributed by atoms with E-state index in [1.165, 1.54) is 7.11 Å². The van der Waals surface area contributed by atoms with Crippen molar-refractivity contribution < 1.29 is 33.0 Å². The molecule has 6 atom stereocenters. The SMILES string of the molecule is COC(=O)[C@H]1[C@@H]([C@H](O[Si](C)(C)C(C)(C)C)[C@@H]2COC(C)(C)O2)C=C[C@H]2COC(=O)[C@@H]12. The Kier molecular flexibility index (Phi) is 6.28. The second-order valence-electron chi connectivity index (χ2n) is 10.5. The zero-order chi connectivity index (χ0) is 22.5. The summed E-state index contributed by atoms with van der Waals surface area (Å²) in [6.07, 6.45) is 3.19. The lowest BCUT2D eigenvalue weighted by molar-refractivity contribution is -0.165. The first-order valence-corrected chi connectivity index (χ1v) is 13.6. The third kappa shape index (κ3) is 4.37. The molecule has 0 N–H and O–H groups in total. The number of rotatable bonds is 5. The second kappa shape index (κ2) is 8.04. The summed E-state index contributed by atoms with van der Waals surface area (Å²) < 4.78 is 29.3. The number of carbonyl (C=O) groups excluding carboxylic acids is 2. The van der Waals surface area contributed by atoms with Gasteiger partial charge in [0.15, 0.2) is 14.1 Å². The van der Waals surface area contributed by atoms with Gasteiger partial charge in [0.05, 0.1) is 38.3 Å². The average Bonchev–Trinajstić information content (AvgIpc) is 3.19. The molecule has 2 aliphatic heterocycles. The lowest BCUT2D eigenvalue weighted by Gasteiger charge is -2.45. The monoisotopic (exact) mass is 440 g/mol. The van der Waals surface area contributed by atoms with E-state index >= 15 is 0 Å². The Hall–Kier alpha value is -1.22. The molecule has 3 aliphatic rings. The number of hydrogen-bond acceptors (Lipinski definition) is 7. The van der Waals surface area contributed by atoms with Crippen LogP contribution in [0.15, 0.2) is 12.2 Å². The van der Waals surface area contributed by atoms with Crippen LogP contribution in [-0.2, 0) is 33.0 Å². The topological polar surface area (TPSA) is 80.3 Å². The minimum absolute atomic E-state index is 0.0335. The Morgan fingerprint density at radius 3 is 2.43 bits per heavy atom. The Balaban J connectivity index is 2.01. The summed E-state index contributed by atoms with van der Waals surface area (Å²) in [5, 5.41) is -0.0335. The largest absolute Gasteiger partial charge is 0.469 e. The van der Waals surface area contributed by atoms with Crippen LogP contribution in [-0.4, -0.2) is 58.6 Å². The van der Waals surface area contributed by atoms with Gasteiger partial charge in [0.2, 0.25) is 0 Å². The van der Waals surface area contributed by atoms with Crippen LogP contribution in [0.4, 0.5) is 0 Å². The standard InChI is InChI=1S/C22H36O7Si/c1-21(2,3)30(7,8)29-18(15-12-27-22(4,5)28-15)14-10-9-13-11-26-20(24)16(13)17(14)19(23)25-6/h9-10,13-18H,11-12H2,1-8H3/t13-,14-,15-,16+,17-,18-/m0/s1. The predicted octanol–water partition coefficient (Wildman–Crippen LogP) is 3.29. The lowest BCUT2D eigenvalue weighted by atomic mass is 9.69. The molecular formula is C22H36O7Si. The maximum Gasteiger partial charge on any atom is 0.310 e. The van der Waals surface area contributed by atoms with Crippen LogP contribution in [0.2, 0.25) is 18.1 Å². The fraction of sp³-hybridized carbons (Fsp3) is 0.818. The minimum Gasteiger partial charge on any atom is -0.469 e. The molecule has 0 amide bonds. The molecule has 8 heteroatoms. The lowest BCUT2D eigenvalue weighted by Crippen LogP contribution is -2.54. The van der Waals surface area contributed by atoms with E-state index in [9.17, 15) is 9.59 Å². The van der Waals surface area contributed by atoms with Crippen LogP contribution in [0, 0.1) is 23.7 Å². The van der Waals surface area contributed by atoms with Crippen LogP contribution in [0.3, 0.4) is 0 Å². The van der Waals surface area contributed by atoms with Crippen molar-refractivity contribution in [3.05, 3.63) is 12.2 Å². The molecule has 7 nitrogen and oxygen atoms in total. The van der Waals surface area contributed by atoms with E-state index in [-0.39, 0.29) is 28.9 Å². The molecule has 0 aromatic heterocycles. The van der Waals surface area contributed by atoms with Gasteiger partial charge in [-0.15, -0.1) is 0 Å². The molecule has 0 aromatic rings. The van der Waals surface area contributed by atoms with Crippen LogP contribution < -0.4 is 0 Å². The van der Waals surface area contributed by atoms with Crippen LogP contribution in [0.5, 0.6) is 0 Å². The Bertz CT molecular complexity index is 709. The smallest absolute Gasteiger partial charge is 0.310 e. The summed E-state index contributed by atoms with van der Waals surface area (Å²) >= 11 is 0. The summed E-state index contributed by atoms with van der Waals surface area (Å²) in [6.45, 7) is 15.3. The third-order valence-electron chi connectivity index (χ3n) is 7.02. The fourth-order valence-electron chi connectivity index (χ4n) is 4.32. The van der Waals surface area contributed by atoms with Crippen molar-refractivity contribution in [1.82, 2.24) is 0 Å². The Morgan fingerprint density at radius 2 is 1.90 bits per heavy atom. The van der Waals surface area contributed by atoms with Gasteiger partial charge in [0.25, 0.3) is 0 Å². The van der Waals surface area contributed by atoms with Crippen molar-refractivity contribution in [2.45, 2.75) is 70.7 Å². The zero-order valence-corrected chi connectivity index (χ0v) is 20.4. The summed E-state index contributed by atoms with van der Waals surface area (Å²) in [6, 6.07) is 0. The van der Waals surface area contributed by atoms with E-state index in [1.807, 2.05) is 26.0 Å². The van der Waals surface area contributed by atoms with Gasteiger partial charge in [0, 0.05) is 11.8 Å². The first-order valence-electron chi connectivity index (χ1n) is 10.7. The van der Waals surface area contributed by atoms with Gasteiger partial charge in [-0.3, -0.25) is 9.59 Å². The summed E-state index contributed by atoms with van der Waals surface area (Å²) in [5.74, 6) is -3.23. The molecule has 2 heterocycles.